The normalized spacial score (nSPS) is 14.1. The van der Waals surface area contributed by atoms with Crippen molar-refractivity contribution >= 4 is 17.2 Å². The lowest BCUT2D eigenvalue weighted by Gasteiger charge is -2.20. The highest BCUT2D eigenvalue weighted by Crippen LogP contribution is 2.29. The van der Waals surface area contributed by atoms with Crippen LogP contribution in [0.15, 0.2) is 53.7 Å². The summed E-state index contributed by atoms with van der Waals surface area (Å²) in [6.45, 7) is 0.682. The van der Waals surface area contributed by atoms with Crippen LogP contribution in [0.3, 0.4) is 0 Å². The molecule has 0 aromatic heterocycles. The summed E-state index contributed by atoms with van der Waals surface area (Å²) in [6.07, 6.45) is 0.851. The number of oxime groups is 1. The zero-order valence-electron chi connectivity index (χ0n) is 11.1. The molecule has 2 aromatic rings. The zero-order valence-corrected chi connectivity index (χ0v) is 11.1. The second-order valence-electron chi connectivity index (χ2n) is 4.76. The first kappa shape index (κ1) is 13.1. The maximum absolute atomic E-state index is 10.9. The number of amidine groups is 1. The van der Waals surface area contributed by atoms with Gasteiger partial charge in [0, 0.05) is 29.9 Å². The van der Waals surface area contributed by atoms with Crippen molar-refractivity contribution in [2.45, 2.75) is 6.42 Å². The van der Waals surface area contributed by atoms with E-state index in [9.17, 15) is 15.3 Å². The van der Waals surface area contributed by atoms with Crippen LogP contribution >= 0.6 is 0 Å². The highest BCUT2D eigenvalue weighted by molar-refractivity contribution is 6.10. The Labute approximate surface area is 121 Å². The topological polar surface area (TPSA) is 79.0 Å². The number of non-ortho nitro benzene ring substituents is 1. The second-order valence-corrected chi connectivity index (χ2v) is 4.76. The minimum Gasteiger partial charge on any atom is -0.409 e. The number of nitro groups is 1. The van der Waals surface area contributed by atoms with E-state index in [1.165, 1.54) is 17.7 Å². The average Bonchev–Trinajstić information content (AvgIpc) is 2.93. The van der Waals surface area contributed by atoms with Gasteiger partial charge in [0.2, 0.25) is 0 Å². The standard InChI is InChI=1S/C15H13N3O3/c19-16-15(12-5-3-6-13(10-12)18(20)21)17-9-8-11-4-1-2-7-14(11)17/h1-7,10,19H,8-9H2/b16-15-. The number of rotatable bonds is 2. The number of nitrogens with zero attached hydrogens (tertiary/aromatic N) is 3. The van der Waals surface area contributed by atoms with Crippen LogP contribution in [0.5, 0.6) is 0 Å². The third kappa shape index (κ3) is 2.31. The smallest absolute Gasteiger partial charge is 0.270 e. The number of hydrogen-bond donors (Lipinski definition) is 1. The van der Waals surface area contributed by atoms with E-state index in [0.717, 1.165) is 12.1 Å². The minimum absolute atomic E-state index is 0.0267. The predicted octanol–water partition coefficient (Wildman–Crippen LogP) is 2.79. The Balaban J connectivity index is 2.01. The Bertz CT molecular complexity index is 728. The van der Waals surface area contributed by atoms with Gasteiger partial charge in [-0.25, -0.2) is 0 Å². The van der Waals surface area contributed by atoms with Gasteiger partial charge in [0.05, 0.1) is 4.92 Å². The van der Waals surface area contributed by atoms with Crippen molar-refractivity contribution in [2.75, 3.05) is 11.4 Å². The Kier molecular flexibility index (Phi) is 3.27. The molecule has 1 heterocycles. The van der Waals surface area contributed by atoms with Gasteiger partial charge in [-0.1, -0.05) is 35.5 Å². The molecule has 2 aromatic carbocycles. The fourth-order valence-electron chi connectivity index (χ4n) is 2.58. The van der Waals surface area contributed by atoms with E-state index in [1.54, 1.807) is 12.1 Å². The van der Waals surface area contributed by atoms with Gasteiger partial charge < -0.3 is 10.1 Å². The van der Waals surface area contributed by atoms with Gasteiger partial charge in [-0.3, -0.25) is 10.1 Å². The fraction of sp³-hybridized carbons (Fsp3) is 0.133. The molecule has 0 aliphatic carbocycles. The lowest BCUT2D eigenvalue weighted by Crippen LogP contribution is -2.29. The van der Waals surface area contributed by atoms with E-state index in [0.29, 0.717) is 17.9 Å². The maximum Gasteiger partial charge on any atom is 0.270 e. The third-order valence-electron chi connectivity index (χ3n) is 3.55. The van der Waals surface area contributed by atoms with Gasteiger partial charge >= 0.3 is 0 Å². The van der Waals surface area contributed by atoms with Gasteiger partial charge in [-0.15, -0.1) is 0 Å². The van der Waals surface area contributed by atoms with E-state index in [-0.39, 0.29) is 5.69 Å². The summed E-state index contributed by atoms with van der Waals surface area (Å²) in [5.74, 6) is 0.323. The number of hydrogen-bond acceptors (Lipinski definition) is 4. The zero-order chi connectivity index (χ0) is 14.8. The van der Waals surface area contributed by atoms with Gasteiger partial charge in [-0.05, 0) is 18.1 Å². The van der Waals surface area contributed by atoms with Gasteiger partial charge in [-0.2, -0.15) is 0 Å². The molecule has 0 bridgehead atoms. The van der Waals surface area contributed by atoms with Gasteiger partial charge in [0.15, 0.2) is 5.84 Å². The Morgan fingerprint density at radius 1 is 1.24 bits per heavy atom. The molecule has 0 saturated carbocycles. The van der Waals surface area contributed by atoms with Crippen LogP contribution in [-0.4, -0.2) is 22.5 Å². The number of nitro benzene ring substituents is 1. The summed E-state index contributed by atoms with van der Waals surface area (Å²) in [4.78, 5) is 12.3. The van der Waals surface area contributed by atoms with Gasteiger partial charge in [0.25, 0.3) is 5.69 Å². The average molecular weight is 283 g/mol. The summed E-state index contributed by atoms with van der Waals surface area (Å²) in [7, 11) is 0. The summed E-state index contributed by atoms with van der Waals surface area (Å²) in [5.41, 5.74) is 2.63. The van der Waals surface area contributed by atoms with Crippen molar-refractivity contribution in [3.63, 3.8) is 0 Å². The van der Waals surface area contributed by atoms with E-state index >= 15 is 0 Å². The fourth-order valence-corrected chi connectivity index (χ4v) is 2.58. The third-order valence-corrected chi connectivity index (χ3v) is 3.55. The summed E-state index contributed by atoms with van der Waals surface area (Å²) >= 11 is 0. The predicted molar refractivity (Wildman–Crippen MR) is 78.9 cm³/mol. The molecule has 0 spiro atoms. The Morgan fingerprint density at radius 3 is 2.81 bits per heavy atom. The minimum atomic E-state index is -0.462. The van der Waals surface area contributed by atoms with E-state index in [2.05, 4.69) is 5.16 Å². The highest BCUT2D eigenvalue weighted by Gasteiger charge is 2.25. The highest BCUT2D eigenvalue weighted by atomic mass is 16.6. The molecule has 1 aliphatic rings. The first-order chi connectivity index (χ1) is 10.2. The molecule has 6 heteroatoms. The monoisotopic (exact) mass is 283 g/mol. The van der Waals surface area contributed by atoms with Crippen molar-refractivity contribution < 1.29 is 10.1 Å². The van der Waals surface area contributed by atoms with Crippen LogP contribution in [0.4, 0.5) is 11.4 Å². The van der Waals surface area contributed by atoms with E-state index in [1.807, 2.05) is 29.2 Å². The molecule has 0 unspecified atom stereocenters. The van der Waals surface area contributed by atoms with E-state index in [4.69, 9.17) is 0 Å². The molecule has 6 nitrogen and oxygen atoms in total. The molecule has 0 saturated heterocycles. The van der Waals surface area contributed by atoms with E-state index < -0.39 is 4.92 Å². The van der Waals surface area contributed by atoms with Crippen molar-refractivity contribution in [3.8, 4) is 0 Å². The molecule has 1 aliphatic heterocycles. The summed E-state index contributed by atoms with van der Waals surface area (Å²) in [6, 6.07) is 14.0. The van der Waals surface area contributed by atoms with Crippen LogP contribution < -0.4 is 4.90 Å². The van der Waals surface area contributed by atoms with Crippen LogP contribution in [0.25, 0.3) is 0 Å². The molecule has 3 rings (SSSR count). The molecule has 0 atom stereocenters. The first-order valence-electron chi connectivity index (χ1n) is 6.53. The number of para-hydroxylation sites is 1. The first-order valence-corrected chi connectivity index (χ1v) is 6.53. The largest absolute Gasteiger partial charge is 0.409 e. The van der Waals surface area contributed by atoms with Crippen molar-refractivity contribution in [1.82, 2.24) is 0 Å². The maximum atomic E-state index is 10.9. The SMILES string of the molecule is O=[N+]([O-])c1cccc(/C(=N/O)N2CCc3ccccc32)c1. The number of fused-ring (bicyclic) bond motifs is 1. The quantitative estimate of drug-likeness (QED) is 0.302. The number of benzene rings is 2. The van der Waals surface area contributed by atoms with Crippen molar-refractivity contribution in [1.29, 1.82) is 0 Å². The molecular weight excluding hydrogens is 270 g/mol. The lowest BCUT2D eigenvalue weighted by molar-refractivity contribution is -0.384. The molecule has 0 amide bonds. The molecule has 0 fully saturated rings. The van der Waals surface area contributed by atoms with Crippen molar-refractivity contribution in [3.05, 3.63) is 69.8 Å². The van der Waals surface area contributed by atoms with Gasteiger partial charge in [0.1, 0.15) is 0 Å². The van der Waals surface area contributed by atoms with Crippen LogP contribution in [-0.2, 0) is 6.42 Å². The summed E-state index contributed by atoms with van der Waals surface area (Å²) in [5, 5.41) is 23.6. The number of anilines is 1. The summed E-state index contributed by atoms with van der Waals surface area (Å²) < 4.78 is 0. The van der Waals surface area contributed by atoms with Crippen LogP contribution in [0.2, 0.25) is 0 Å². The Morgan fingerprint density at radius 2 is 2.05 bits per heavy atom. The molecule has 1 N–H and O–H groups in total. The molecular formula is C15H13N3O3. The Hall–Kier alpha value is -2.89. The van der Waals surface area contributed by atoms with Crippen molar-refractivity contribution in [2.24, 2.45) is 5.16 Å². The van der Waals surface area contributed by atoms with Crippen LogP contribution in [0, 0.1) is 10.1 Å². The van der Waals surface area contributed by atoms with Crippen LogP contribution in [0.1, 0.15) is 11.1 Å². The molecule has 21 heavy (non-hydrogen) atoms. The molecule has 0 radical (unpaired) electrons. The second kappa shape index (κ2) is 5.24. The molecule has 106 valence electrons. The lowest BCUT2D eigenvalue weighted by atomic mass is 10.1.